The van der Waals surface area contributed by atoms with Crippen molar-refractivity contribution in [1.29, 1.82) is 0 Å². The fraction of sp³-hybridized carbons (Fsp3) is 0.429. The Bertz CT molecular complexity index is 472. The highest BCUT2D eigenvalue weighted by Gasteiger charge is 2.16. The summed E-state index contributed by atoms with van der Waals surface area (Å²) in [7, 11) is 1.59. The number of carbonyl (C=O) groups is 2. The van der Waals surface area contributed by atoms with Gasteiger partial charge in [0.15, 0.2) is 0 Å². The first kappa shape index (κ1) is 15.8. The zero-order chi connectivity index (χ0) is 15.1. The van der Waals surface area contributed by atoms with Crippen LogP contribution in [0.5, 0.6) is 0 Å². The normalized spacial score (nSPS) is 9.95. The molecule has 0 radical (unpaired) electrons. The summed E-state index contributed by atoms with van der Waals surface area (Å²) in [5, 5.41) is 2.70. The van der Waals surface area contributed by atoms with E-state index in [-0.39, 0.29) is 18.5 Å². The molecule has 110 valence electrons. The number of benzene rings is 1. The first-order valence-electron chi connectivity index (χ1n) is 6.63. The quantitative estimate of drug-likeness (QED) is 0.803. The maximum absolute atomic E-state index is 12.0. The van der Waals surface area contributed by atoms with Gasteiger partial charge in [0.25, 0.3) is 0 Å². The van der Waals surface area contributed by atoms with E-state index in [2.05, 4.69) is 5.32 Å². The highest BCUT2D eigenvalue weighted by atomic mass is 16.2. The van der Waals surface area contributed by atoms with E-state index < -0.39 is 0 Å². The summed E-state index contributed by atoms with van der Waals surface area (Å²) in [6, 6.07) is 6.57. The van der Waals surface area contributed by atoms with E-state index in [1.807, 2.05) is 13.8 Å². The Balaban J connectivity index is 2.57. The number of urea groups is 1. The second-order valence-electron chi connectivity index (χ2n) is 4.48. The number of nitrogens with zero attached hydrogens (tertiary/aromatic N) is 2. The lowest BCUT2D eigenvalue weighted by Gasteiger charge is -2.23. The minimum absolute atomic E-state index is 0.0514. The molecule has 0 aliphatic rings. The summed E-state index contributed by atoms with van der Waals surface area (Å²) in [4.78, 5) is 26.9. The highest BCUT2D eigenvalue weighted by molar-refractivity contribution is 5.92. The Kier molecular flexibility index (Phi) is 5.83. The summed E-state index contributed by atoms with van der Waals surface area (Å²) in [6.07, 6.45) is 0. The van der Waals surface area contributed by atoms with Crippen molar-refractivity contribution in [3.63, 3.8) is 0 Å². The third-order valence-corrected chi connectivity index (χ3v) is 2.97. The Labute approximate surface area is 119 Å². The van der Waals surface area contributed by atoms with Gasteiger partial charge in [-0.2, -0.15) is 0 Å². The van der Waals surface area contributed by atoms with Crippen molar-refractivity contribution in [3.8, 4) is 0 Å². The number of carbonyl (C=O) groups excluding carboxylic acids is 2. The van der Waals surface area contributed by atoms with Gasteiger partial charge in [0, 0.05) is 31.5 Å². The molecular formula is C14H22N4O2. The van der Waals surface area contributed by atoms with Gasteiger partial charge in [-0.3, -0.25) is 4.79 Å². The third kappa shape index (κ3) is 4.46. The Morgan fingerprint density at radius 1 is 1.25 bits per heavy atom. The van der Waals surface area contributed by atoms with Crippen molar-refractivity contribution < 1.29 is 9.59 Å². The van der Waals surface area contributed by atoms with Gasteiger partial charge in [-0.05, 0) is 32.0 Å². The van der Waals surface area contributed by atoms with Crippen LogP contribution in [-0.4, -0.2) is 48.4 Å². The standard InChI is InChI=1S/C14H22N4O2/c1-4-18(5-2)13(19)10-17(3)14(20)16-12-8-6-7-11(15)9-12/h6-9H,4-5,10,15H2,1-3H3,(H,16,20). The molecular weight excluding hydrogens is 256 g/mol. The minimum atomic E-state index is -0.337. The molecule has 0 heterocycles. The number of likely N-dealkylation sites (N-methyl/N-ethyl adjacent to an activating group) is 2. The molecule has 6 nitrogen and oxygen atoms in total. The van der Waals surface area contributed by atoms with E-state index in [1.54, 1.807) is 36.2 Å². The summed E-state index contributed by atoms with van der Waals surface area (Å²) in [5.41, 5.74) is 6.82. The van der Waals surface area contributed by atoms with Crippen LogP contribution in [0, 0.1) is 0 Å². The number of nitrogen functional groups attached to an aromatic ring is 1. The van der Waals surface area contributed by atoms with Crippen molar-refractivity contribution in [1.82, 2.24) is 9.80 Å². The van der Waals surface area contributed by atoms with Gasteiger partial charge in [-0.25, -0.2) is 4.79 Å². The molecule has 3 N–H and O–H groups in total. The average molecular weight is 278 g/mol. The zero-order valence-electron chi connectivity index (χ0n) is 12.2. The van der Waals surface area contributed by atoms with Gasteiger partial charge in [-0.1, -0.05) is 6.07 Å². The molecule has 1 rings (SSSR count). The topological polar surface area (TPSA) is 78.7 Å². The van der Waals surface area contributed by atoms with Crippen LogP contribution < -0.4 is 11.1 Å². The summed E-state index contributed by atoms with van der Waals surface area (Å²) < 4.78 is 0. The third-order valence-electron chi connectivity index (χ3n) is 2.97. The predicted octanol–water partition coefficient (Wildman–Crippen LogP) is 1.60. The van der Waals surface area contributed by atoms with Crippen LogP contribution in [0.2, 0.25) is 0 Å². The van der Waals surface area contributed by atoms with E-state index in [4.69, 9.17) is 5.73 Å². The molecule has 0 spiro atoms. The first-order valence-corrected chi connectivity index (χ1v) is 6.63. The van der Waals surface area contributed by atoms with E-state index >= 15 is 0 Å². The van der Waals surface area contributed by atoms with Crippen LogP contribution in [0.1, 0.15) is 13.8 Å². The second kappa shape index (κ2) is 7.37. The molecule has 0 aliphatic carbocycles. The van der Waals surface area contributed by atoms with Gasteiger partial charge in [0.05, 0.1) is 0 Å². The SMILES string of the molecule is CCN(CC)C(=O)CN(C)C(=O)Nc1cccc(N)c1. The second-order valence-corrected chi connectivity index (χ2v) is 4.48. The first-order chi connectivity index (χ1) is 9.47. The molecule has 0 saturated heterocycles. The van der Waals surface area contributed by atoms with Crippen LogP contribution in [-0.2, 0) is 4.79 Å². The molecule has 0 saturated carbocycles. The Hall–Kier alpha value is -2.24. The lowest BCUT2D eigenvalue weighted by Crippen LogP contribution is -2.42. The molecule has 0 aliphatic heterocycles. The molecule has 1 aromatic rings. The van der Waals surface area contributed by atoms with Gasteiger partial charge < -0.3 is 20.9 Å². The number of hydrogen-bond acceptors (Lipinski definition) is 3. The summed E-state index contributed by atoms with van der Waals surface area (Å²) in [5.74, 6) is -0.0692. The van der Waals surface area contributed by atoms with E-state index in [1.165, 1.54) is 4.90 Å². The van der Waals surface area contributed by atoms with Crippen molar-refractivity contribution in [2.45, 2.75) is 13.8 Å². The molecule has 1 aromatic carbocycles. The van der Waals surface area contributed by atoms with Gasteiger partial charge in [0.2, 0.25) is 5.91 Å². The largest absolute Gasteiger partial charge is 0.399 e. The molecule has 20 heavy (non-hydrogen) atoms. The molecule has 0 atom stereocenters. The van der Waals surface area contributed by atoms with Crippen molar-refractivity contribution in [2.24, 2.45) is 0 Å². The van der Waals surface area contributed by atoms with Crippen LogP contribution in [0.15, 0.2) is 24.3 Å². The monoisotopic (exact) mass is 278 g/mol. The summed E-state index contributed by atoms with van der Waals surface area (Å²) in [6.45, 7) is 5.15. The number of rotatable bonds is 5. The molecule has 0 unspecified atom stereocenters. The van der Waals surface area contributed by atoms with Crippen LogP contribution in [0.4, 0.5) is 16.2 Å². The fourth-order valence-electron chi connectivity index (χ4n) is 1.79. The number of amides is 3. The maximum Gasteiger partial charge on any atom is 0.322 e. The maximum atomic E-state index is 12.0. The zero-order valence-corrected chi connectivity index (χ0v) is 12.2. The molecule has 3 amide bonds. The van der Waals surface area contributed by atoms with Crippen molar-refractivity contribution in [2.75, 3.05) is 37.7 Å². The van der Waals surface area contributed by atoms with Crippen molar-refractivity contribution in [3.05, 3.63) is 24.3 Å². The number of nitrogens with two attached hydrogens (primary N) is 1. The number of anilines is 2. The lowest BCUT2D eigenvalue weighted by molar-refractivity contribution is -0.131. The number of hydrogen-bond donors (Lipinski definition) is 2. The predicted molar refractivity (Wildman–Crippen MR) is 80.4 cm³/mol. The smallest absolute Gasteiger partial charge is 0.322 e. The lowest BCUT2D eigenvalue weighted by atomic mass is 10.3. The Morgan fingerprint density at radius 3 is 2.45 bits per heavy atom. The van der Waals surface area contributed by atoms with E-state index in [9.17, 15) is 9.59 Å². The van der Waals surface area contributed by atoms with Crippen LogP contribution in [0.3, 0.4) is 0 Å². The molecule has 6 heteroatoms. The minimum Gasteiger partial charge on any atom is -0.399 e. The average Bonchev–Trinajstić information content (AvgIpc) is 2.40. The number of nitrogens with one attached hydrogen (secondary N) is 1. The molecule has 0 aromatic heterocycles. The van der Waals surface area contributed by atoms with Gasteiger partial charge in [0.1, 0.15) is 6.54 Å². The highest BCUT2D eigenvalue weighted by Crippen LogP contribution is 2.12. The van der Waals surface area contributed by atoms with E-state index in [0.29, 0.717) is 24.5 Å². The van der Waals surface area contributed by atoms with Crippen LogP contribution >= 0.6 is 0 Å². The van der Waals surface area contributed by atoms with Gasteiger partial charge >= 0.3 is 6.03 Å². The fourth-order valence-corrected chi connectivity index (χ4v) is 1.79. The molecule has 0 bridgehead atoms. The van der Waals surface area contributed by atoms with E-state index in [0.717, 1.165) is 0 Å². The van der Waals surface area contributed by atoms with Crippen LogP contribution in [0.25, 0.3) is 0 Å². The Morgan fingerprint density at radius 2 is 1.90 bits per heavy atom. The summed E-state index contributed by atoms with van der Waals surface area (Å²) >= 11 is 0. The van der Waals surface area contributed by atoms with Gasteiger partial charge in [-0.15, -0.1) is 0 Å². The molecule has 0 fully saturated rings. The van der Waals surface area contributed by atoms with Crippen molar-refractivity contribution >= 4 is 23.3 Å².